The zero-order valence-corrected chi connectivity index (χ0v) is 10.3. The predicted octanol–water partition coefficient (Wildman–Crippen LogP) is 3.37. The van der Waals surface area contributed by atoms with Gasteiger partial charge in [0.15, 0.2) is 0 Å². The first-order chi connectivity index (χ1) is 8.70. The number of benzene rings is 2. The number of hydrogen-bond donors (Lipinski definition) is 1. The van der Waals surface area contributed by atoms with Crippen molar-refractivity contribution in [3.8, 4) is 11.8 Å². The van der Waals surface area contributed by atoms with Gasteiger partial charge in [0.2, 0.25) is 0 Å². The number of ether oxygens (including phenoxy) is 1. The van der Waals surface area contributed by atoms with E-state index in [0.717, 1.165) is 5.56 Å². The molecule has 3 nitrogen and oxygen atoms in total. The molecule has 0 bridgehead atoms. The monoisotopic (exact) mass is 258 g/mol. The van der Waals surface area contributed by atoms with Crippen molar-refractivity contribution in [3.05, 3.63) is 58.6 Å². The SMILES string of the molecule is N#Cc1ccccc1OCc1ccc(Cl)c(N)c1. The molecular formula is C14H11ClN2O. The van der Waals surface area contributed by atoms with Crippen LogP contribution in [0.5, 0.6) is 5.75 Å². The van der Waals surface area contributed by atoms with Crippen LogP contribution >= 0.6 is 11.6 Å². The molecule has 0 amide bonds. The van der Waals surface area contributed by atoms with Gasteiger partial charge in [-0.3, -0.25) is 0 Å². The maximum Gasteiger partial charge on any atom is 0.137 e. The van der Waals surface area contributed by atoms with Gasteiger partial charge in [-0.05, 0) is 29.8 Å². The number of para-hydroxylation sites is 1. The Hall–Kier alpha value is -2.18. The minimum atomic E-state index is 0.347. The number of anilines is 1. The Morgan fingerprint density at radius 1 is 1.22 bits per heavy atom. The highest BCUT2D eigenvalue weighted by Gasteiger charge is 2.03. The molecule has 18 heavy (non-hydrogen) atoms. The van der Waals surface area contributed by atoms with Crippen LogP contribution in [0.3, 0.4) is 0 Å². The molecule has 0 saturated carbocycles. The van der Waals surface area contributed by atoms with Crippen molar-refractivity contribution >= 4 is 17.3 Å². The number of nitrogens with two attached hydrogens (primary N) is 1. The fraction of sp³-hybridized carbons (Fsp3) is 0.0714. The summed E-state index contributed by atoms with van der Waals surface area (Å²) in [4.78, 5) is 0. The lowest BCUT2D eigenvalue weighted by Gasteiger charge is -2.08. The third-order valence-electron chi connectivity index (χ3n) is 2.46. The lowest BCUT2D eigenvalue weighted by atomic mass is 10.2. The molecule has 0 fully saturated rings. The summed E-state index contributed by atoms with van der Waals surface area (Å²) in [7, 11) is 0. The summed E-state index contributed by atoms with van der Waals surface area (Å²) in [6.07, 6.45) is 0. The number of nitrogen functional groups attached to an aromatic ring is 1. The van der Waals surface area contributed by atoms with Gasteiger partial charge in [-0.15, -0.1) is 0 Å². The number of nitrogens with zero attached hydrogens (tertiary/aromatic N) is 1. The lowest BCUT2D eigenvalue weighted by Crippen LogP contribution is -1.98. The normalized spacial score (nSPS) is 9.78. The Kier molecular flexibility index (Phi) is 3.71. The van der Waals surface area contributed by atoms with Crippen LogP contribution in [-0.4, -0.2) is 0 Å². The average Bonchev–Trinajstić information content (AvgIpc) is 2.40. The predicted molar refractivity (Wildman–Crippen MR) is 71.4 cm³/mol. The van der Waals surface area contributed by atoms with Crippen molar-refractivity contribution in [2.24, 2.45) is 0 Å². The number of nitriles is 1. The standard InChI is InChI=1S/C14H11ClN2O/c15-12-6-5-10(7-13(12)17)9-18-14-4-2-1-3-11(14)8-16/h1-7H,9,17H2. The van der Waals surface area contributed by atoms with Gasteiger partial charge >= 0.3 is 0 Å². The Morgan fingerprint density at radius 3 is 2.72 bits per heavy atom. The molecule has 0 atom stereocenters. The Morgan fingerprint density at radius 2 is 2.00 bits per heavy atom. The van der Waals surface area contributed by atoms with Crippen LogP contribution in [0.1, 0.15) is 11.1 Å². The van der Waals surface area contributed by atoms with Crippen LogP contribution in [-0.2, 0) is 6.61 Å². The molecule has 2 aromatic rings. The Labute approximate surface area is 110 Å². The van der Waals surface area contributed by atoms with Gasteiger partial charge in [-0.25, -0.2) is 0 Å². The molecule has 2 aromatic carbocycles. The molecular weight excluding hydrogens is 248 g/mol. The summed E-state index contributed by atoms with van der Waals surface area (Å²) in [6, 6.07) is 14.5. The first kappa shape index (κ1) is 12.3. The molecule has 90 valence electrons. The van der Waals surface area contributed by atoms with E-state index in [1.807, 2.05) is 12.1 Å². The van der Waals surface area contributed by atoms with Crippen molar-refractivity contribution in [2.75, 3.05) is 5.73 Å². The molecule has 2 N–H and O–H groups in total. The third kappa shape index (κ3) is 2.73. The van der Waals surface area contributed by atoms with E-state index in [1.54, 1.807) is 30.3 Å². The van der Waals surface area contributed by atoms with Gasteiger partial charge in [0.05, 0.1) is 16.3 Å². The van der Waals surface area contributed by atoms with Gasteiger partial charge in [0.1, 0.15) is 18.4 Å². The summed E-state index contributed by atoms with van der Waals surface area (Å²) in [5, 5.41) is 9.45. The zero-order chi connectivity index (χ0) is 13.0. The second-order valence-corrected chi connectivity index (χ2v) is 4.16. The molecule has 0 aliphatic rings. The van der Waals surface area contributed by atoms with Crippen molar-refractivity contribution in [1.29, 1.82) is 5.26 Å². The van der Waals surface area contributed by atoms with Crippen molar-refractivity contribution < 1.29 is 4.74 Å². The molecule has 4 heteroatoms. The maximum atomic E-state index is 8.93. The molecule has 0 unspecified atom stereocenters. The van der Waals surface area contributed by atoms with Crippen molar-refractivity contribution in [3.63, 3.8) is 0 Å². The van der Waals surface area contributed by atoms with Crippen LogP contribution in [0, 0.1) is 11.3 Å². The van der Waals surface area contributed by atoms with E-state index in [1.165, 1.54) is 0 Å². The van der Waals surface area contributed by atoms with Gasteiger partial charge < -0.3 is 10.5 Å². The highest BCUT2D eigenvalue weighted by atomic mass is 35.5. The fourth-order valence-electron chi connectivity index (χ4n) is 1.53. The van der Waals surface area contributed by atoms with E-state index in [0.29, 0.717) is 28.6 Å². The molecule has 2 rings (SSSR count). The van der Waals surface area contributed by atoms with E-state index < -0.39 is 0 Å². The van der Waals surface area contributed by atoms with Crippen molar-refractivity contribution in [1.82, 2.24) is 0 Å². The number of hydrogen-bond acceptors (Lipinski definition) is 3. The third-order valence-corrected chi connectivity index (χ3v) is 2.81. The zero-order valence-electron chi connectivity index (χ0n) is 9.56. The van der Waals surface area contributed by atoms with E-state index in [2.05, 4.69) is 6.07 Å². The molecule has 0 saturated heterocycles. The van der Waals surface area contributed by atoms with Gasteiger partial charge in [-0.2, -0.15) is 5.26 Å². The molecule has 0 heterocycles. The van der Waals surface area contributed by atoms with E-state index in [4.69, 9.17) is 27.3 Å². The highest BCUT2D eigenvalue weighted by Crippen LogP contribution is 2.22. The first-order valence-corrected chi connectivity index (χ1v) is 5.74. The summed E-state index contributed by atoms with van der Waals surface area (Å²) >= 11 is 5.84. The van der Waals surface area contributed by atoms with E-state index >= 15 is 0 Å². The Balaban J connectivity index is 2.12. The van der Waals surface area contributed by atoms with Gasteiger partial charge in [-0.1, -0.05) is 29.8 Å². The molecule has 0 radical (unpaired) electrons. The van der Waals surface area contributed by atoms with Gasteiger partial charge in [0, 0.05) is 0 Å². The maximum absolute atomic E-state index is 8.93. The first-order valence-electron chi connectivity index (χ1n) is 5.36. The molecule has 0 aliphatic heterocycles. The van der Waals surface area contributed by atoms with Crippen LogP contribution in [0.2, 0.25) is 5.02 Å². The molecule has 0 aromatic heterocycles. The molecule has 0 spiro atoms. The second-order valence-electron chi connectivity index (χ2n) is 3.75. The van der Waals surface area contributed by atoms with E-state index in [-0.39, 0.29) is 0 Å². The number of rotatable bonds is 3. The lowest BCUT2D eigenvalue weighted by molar-refractivity contribution is 0.305. The molecule has 0 aliphatic carbocycles. The van der Waals surface area contributed by atoms with E-state index in [9.17, 15) is 0 Å². The summed E-state index contributed by atoms with van der Waals surface area (Å²) in [5.74, 6) is 0.563. The summed E-state index contributed by atoms with van der Waals surface area (Å²) < 4.78 is 5.59. The Bertz CT molecular complexity index is 605. The quantitative estimate of drug-likeness (QED) is 0.859. The smallest absolute Gasteiger partial charge is 0.137 e. The summed E-state index contributed by atoms with van der Waals surface area (Å²) in [6.45, 7) is 0.347. The highest BCUT2D eigenvalue weighted by molar-refractivity contribution is 6.33. The largest absolute Gasteiger partial charge is 0.488 e. The fourth-order valence-corrected chi connectivity index (χ4v) is 1.65. The van der Waals surface area contributed by atoms with Crippen molar-refractivity contribution in [2.45, 2.75) is 6.61 Å². The summed E-state index contributed by atoms with van der Waals surface area (Å²) in [5.41, 5.74) is 7.65. The topological polar surface area (TPSA) is 59.0 Å². The van der Waals surface area contributed by atoms with Crippen LogP contribution in [0.4, 0.5) is 5.69 Å². The minimum absolute atomic E-state index is 0.347. The second kappa shape index (κ2) is 5.44. The van der Waals surface area contributed by atoms with Crippen LogP contribution in [0.25, 0.3) is 0 Å². The van der Waals surface area contributed by atoms with Gasteiger partial charge in [0.25, 0.3) is 0 Å². The van der Waals surface area contributed by atoms with Crippen LogP contribution < -0.4 is 10.5 Å². The average molecular weight is 259 g/mol. The number of halogens is 1. The van der Waals surface area contributed by atoms with Crippen LogP contribution in [0.15, 0.2) is 42.5 Å². The minimum Gasteiger partial charge on any atom is -0.488 e.